The fourth-order valence-corrected chi connectivity index (χ4v) is 5.69. The average Bonchev–Trinajstić information content (AvgIpc) is 3.68. The second-order valence-electron chi connectivity index (χ2n) is 10.8. The quantitative estimate of drug-likeness (QED) is 0.363. The van der Waals surface area contributed by atoms with E-state index >= 15 is 4.39 Å². The molecule has 0 spiro atoms. The second kappa shape index (κ2) is 9.87. The summed E-state index contributed by atoms with van der Waals surface area (Å²) in [7, 11) is -0.244. The van der Waals surface area contributed by atoms with Gasteiger partial charge in [0.1, 0.15) is 5.82 Å². The molecule has 11 heteroatoms. The molecule has 6 rings (SSSR count). The minimum Gasteiger partial charge on any atom is -0.369 e. The van der Waals surface area contributed by atoms with Gasteiger partial charge in [-0.25, -0.2) is 18.6 Å². The van der Waals surface area contributed by atoms with Crippen molar-refractivity contribution in [3.63, 3.8) is 0 Å². The molecule has 204 valence electrons. The van der Waals surface area contributed by atoms with E-state index in [2.05, 4.69) is 55.6 Å². The zero-order chi connectivity index (χ0) is 27.3. The van der Waals surface area contributed by atoms with Crippen LogP contribution in [0.5, 0.6) is 0 Å². The Morgan fingerprint density at radius 1 is 1.08 bits per heavy atom. The summed E-state index contributed by atoms with van der Waals surface area (Å²) in [5.41, 5.74) is 4.27. The lowest BCUT2D eigenvalue weighted by Gasteiger charge is -2.35. The Kier molecular flexibility index (Phi) is 6.50. The SMILES string of the molecule is Cc1cc(Nc2ncc3c(F)c(C4CC4)n(-c4cccc(N=S(C)(C)=O)n4)c3n2)ccc1N1CCN(C)CC1. The average molecular weight is 549 g/mol. The molecule has 3 aromatic heterocycles. The third-order valence-electron chi connectivity index (χ3n) is 7.21. The number of pyridine rings is 1. The number of likely N-dealkylation sites (N-methyl/N-ethyl adjacent to an activating group) is 1. The lowest BCUT2D eigenvalue weighted by atomic mass is 10.1. The first-order valence-electron chi connectivity index (χ1n) is 13.2. The summed E-state index contributed by atoms with van der Waals surface area (Å²) in [6, 6.07) is 11.5. The molecule has 1 aliphatic carbocycles. The van der Waals surface area contributed by atoms with Crippen molar-refractivity contribution in [3.8, 4) is 5.82 Å². The highest BCUT2D eigenvalue weighted by Crippen LogP contribution is 2.45. The van der Waals surface area contributed by atoms with Crippen LogP contribution >= 0.6 is 0 Å². The van der Waals surface area contributed by atoms with Crippen LogP contribution in [-0.4, -0.2) is 74.4 Å². The van der Waals surface area contributed by atoms with E-state index in [1.54, 1.807) is 35.3 Å². The van der Waals surface area contributed by atoms with Gasteiger partial charge in [0.25, 0.3) is 0 Å². The van der Waals surface area contributed by atoms with Crippen LogP contribution in [0.15, 0.2) is 47.0 Å². The largest absolute Gasteiger partial charge is 0.369 e. The topological polar surface area (TPSA) is 91.5 Å². The Hall–Kier alpha value is -3.57. The zero-order valence-electron chi connectivity index (χ0n) is 22.7. The number of nitrogens with one attached hydrogen (secondary N) is 1. The Labute approximate surface area is 228 Å². The highest BCUT2D eigenvalue weighted by Gasteiger charge is 2.34. The lowest BCUT2D eigenvalue weighted by molar-refractivity contribution is 0.312. The third-order valence-corrected chi connectivity index (χ3v) is 7.83. The number of benzene rings is 1. The molecule has 1 aromatic carbocycles. The summed E-state index contributed by atoms with van der Waals surface area (Å²) in [6.07, 6.45) is 6.48. The fourth-order valence-electron chi connectivity index (χ4n) is 5.14. The molecule has 4 aromatic rings. The molecule has 1 aliphatic heterocycles. The molecule has 2 aliphatic rings. The molecule has 39 heavy (non-hydrogen) atoms. The van der Waals surface area contributed by atoms with E-state index in [0.717, 1.165) is 44.7 Å². The van der Waals surface area contributed by atoms with Crippen LogP contribution in [0, 0.1) is 12.7 Å². The van der Waals surface area contributed by atoms with Gasteiger partial charge >= 0.3 is 0 Å². The second-order valence-corrected chi connectivity index (χ2v) is 13.3. The van der Waals surface area contributed by atoms with E-state index in [9.17, 15) is 4.21 Å². The number of piperazine rings is 1. The van der Waals surface area contributed by atoms with E-state index in [4.69, 9.17) is 4.98 Å². The monoisotopic (exact) mass is 548 g/mol. The molecule has 0 amide bonds. The van der Waals surface area contributed by atoms with Gasteiger partial charge in [-0.15, -0.1) is 0 Å². The van der Waals surface area contributed by atoms with Gasteiger partial charge in [0.15, 0.2) is 17.3 Å². The molecule has 0 bridgehead atoms. The van der Waals surface area contributed by atoms with Gasteiger partial charge in [-0.2, -0.15) is 9.35 Å². The predicted octanol–water partition coefficient (Wildman–Crippen LogP) is 4.99. The standard InChI is InChI=1S/C28H33FN8OS/c1-18-16-20(10-11-22(18)36-14-12-35(2)13-15-36)31-28-30-17-21-25(29)26(19-8-9-19)37(27(21)33-28)24-7-5-6-23(32-24)34-39(3,4)38/h5-7,10-11,16-17,19H,8-9,12-15H2,1-4H3,(H,30,31,33). The number of hydrogen-bond donors (Lipinski definition) is 1. The van der Waals surface area contributed by atoms with Crippen molar-refractivity contribution in [2.75, 3.05) is 56.0 Å². The normalized spacial score (nSPS) is 16.6. The molecule has 1 saturated heterocycles. The molecule has 2 fully saturated rings. The van der Waals surface area contributed by atoms with Crippen molar-refractivity contribution < 1.29 is 8.60 Å². The van der Waals surface area contributed by atoms with Crippen molar-refractivity contribution in [2.45, 2.75) is 25.7 Å². The molecule has 9 nitrogen and oxygen atoms in total. The first-order valence-corrected chi connectivity index (χ1v) is 15.5. The van der Waals surface area contributed by atoms with E-state index in [0.29, 0.717) is 34.3 Å². The number of fused-ring (bicyclic) bond motifs is 1. The molecule has 0 atom stereocenters. The minimum absolute atomic E-state index is 0.101. The maximum atomic E-state index is 15.7. The highest BCUT2D eigenvalue weighted by molar-refractivity contribution is 7.92. The molecular weight excluding hydrogens is 515 g/mol. The molecule has 4 heterocycles. The fraction of sp³-hybridized carbons (Fsp3) is 0.393. The third kappa shape index (κ3) is 5.33. The number of nitrogens with zero attached hydrogens (tertiary/aromatic N) is 7. The maximum absolute atomic E-state index is 15.7. The van der Waals surface area contributed by atoms with E-state index in [1.807, 2.05) is 6.07 Å². The summed E-state index contributed by atoms with van der Waals surface area (Å²) in [5, 5.41) is 3.66. The van der Waals surface area contributed by atoms with E-state index in [1.165, 1.54) is 17.4 Å². The predicted molar refractivity (Wildman–Crippen MR) is 155 cm³/mol. The van der Waals surface area contributed by atoms with Crippen molar-refractivity contribution in [1.29, 1.82) is 0 Å². The summed E-state index contributed by atoms with van der Waals surface area (Å²) >= 11 is 0. The van der Waals surface area contributed by atoms with Gasteiger partial charge in [-0.3, -0.25) is 4.57 Å². The molecule has 1 N–H and O–H groups in total. The smallest absolute Gasteiger partial charge is 0.229 e. The Morgan fingerprint density at radius 2 is 1.85 bits per heavy atom. The highest BCUT2D eigenvalue weighted by atomic mass is 32.2. The van der Waals surface area contributed by atoms with Gasteiger partial charge in [0, 0.05) is 71.9 Å². The van der Waals surface area contributed by atoms with E-state index < -0.39 is 9.73 Å². The van der Waals surface area contributed by atoms with Crippen molar-refractivity contribution in [3.05, 3.63) is 59.7 Å². The number of rotatable bonds is 6. The number of aryl methyl sites for hydroxylation is 1. The van der Waals surface area contributed by atoms with Crippen LogP contribution in [0.4, 0.5) is 27.5 Å². The number of aromatic nitrogens is 4. The Morgan fingerprint density at radius 3 is 2.54 bits per heavy atom. The summed E-state index contributed by atoms with van der Waals surface area (Å²) in [6.45, 7) is 6.22. The van der Waals surface area contributed by atoms with Crippen molar-refractivity contribution in [1.82, 2.24) is 24.4 Å². The van der Waals surface area contributed by atoms with Crippen LogP contribution < -0.4 is 10.2 Å². The van der Waals surface area contributed by atoms with Crippen LogP contribution in [0.25, 0.3) is 16.9 Å². The van der Waals surface area contributed by atoms with Crippen LogP contribution in [-0.2, 0) is 9.73 Å². The number of halogens is 1. The molecule has 0 radical (unpaired) electrons. The van der Waals surface area contributed by atoms with Crippen molar-refractivity contribution >= 4 is 43.9 Å². The van der Waals surface area contributed by atoms with Gasteiger partial charge in [-0.1, -0.05) is 6.07 Å². The van der Waals surface area contributed by atoms with Crippen LogP contribution in [0.3, 0.4) is 0 Å². The number of anilines is 3. The van der Waals surface area contributed by atoms with Gasteiger partial charge in [0.05, 0.1) is 11.1 Å². The van der Waals surface area contributed by atoms with Gasteiger partial charge in [0.2, 0.25) is 5.95 Å². The van der Waals surface area contributed by atoms with Gasteiger partial charge in [-0.05, 0) is 62.7 Å². The lowest BCUT2D eigenvalue weighted by Crippen LogP contribution is -2.44. The summed E-state index contributed by atoms with van der Waals surface area (Å²) in [5.74, 6) is 0.999. The van der Waals surface area contributed by atoms with Crippen molar-refractivity contribution in [2.24, 2.45) is 4.36 Å². The summed E-state index contributed by atoms with van der Waals surface area (Å²) < 4.78 is 33.9. The molecular formula is C28H33FN8OS. The van der Waals surface area contributed by atoms with Crippen LogP contribution in [0.2, 0.25) is 0 Å². The Bertz CT molecular complexity index is 1670. The van der Waals surface area contributed by atoms with E-state index in [-0.39, 0.29) is 11.7 Å². The van der Waals surface area contributed by atoms with Gasteiger partial charge < -0.3 is 15.1 Å². The first kappa shape index (κ1) is 25.7. The molecule has 1 saturated carbocycles. The Balaban J connectivity index is 1.37. The first-order chi connectivity index (χ1) is 18.7. The zero-order valence-corrected chi connectivity index (χ0v) is 23.5. The minimum atomic E-state index is -2.40. The molecule has 0 unspecified atom stereocenters. The maximum Gasteiger partial charge on any atom is 0.229 e. The van der Waals surface area contributed by atoms with Crippen LogP contribution in [0.1, 0.15) is 30.0 Å². The number of hydrogen-bond acceptors (Lipinski definition) is 8. The summed E-state index contributed by atoms with van der Waals surface area (Å²) in [4.78, 5) is 18.6.